The van der Waals surface area contributed by atoms with Crippen molar-refractivity contribution >= 4 is 0 Å². The molecule has 4 aromatic carbocycles. The summed E-state index contributed by atoms with van der Waals surface area (Å²) in [6.07, 6.45) is 1.04. The predicted molar refractivity (Wildman–Crippen MR) is 126 cm³/mol. The van der Waals surface area contributed by atoms with Crippen molar-refractivity contribution in [3.63, 3.8) is 0 Å². The van der Waals surface area contributed by atoms with Crippen molar-refractivity contribution in [3.05, 3.63) is 107 Å². The monoisotopic (exact) mass is 376 g/mol. The summed E-state index contributed by atoms with van der Waals surface area (Å²) in [5.74, 6) is 0. The van der Waals surface area contributed by atoms with Gasteiger partial charge >= 0.3 is 0 Å². The van der Waals surface area contributed by atoms with Gasteiger partial charge in [0.2, 0.25) is 0 Å². The van der Waals surface area contributed by atoms with Crippen molar-refractivity contribution in [2.24, 2.45) is 0 Å². The molecule has 0 aliphatic heterocycles. The standard InChI is InChI=1S/C29H28/c1-5-23-11-7-9-13-27(23)29-19-25(17-15-22(29)4)24-16-14-21(3)28(18-24)26-12-8-6-10-20(26)2/h6-19H,5H2,1-4H3. The number of hydrogen-bond acceptors (Lipinski definition) is 0. The van der Waals surface area contributed by atoms with Gasteiger partial charge in [-0.15, -0.1) is 0 Å². The van der Waals surface area contributed by atoms with Crippen LogP contribution in [0.1, 0.15) is 29.2 Å². The van der Waals surface area contributed by atoms with Crippen LogP contribution in [0.25, 0.3) is 33.4 Å². The van der Waals surface area contributed by atoms with Crippen LogP contribution >= 0.6 is 0 Å². The highest BCUT2D eigenvalue weighted by Crippen LogP contribution is 2.35. The summed E-state index contributed by atoms with van der Waals surface area (Å²) >= 11 is 0. The fourth-order valence-corrected chi connectivity index (χ4v) is 4.15. The maximum atomic E-state index is 2.36. The van der Waals surface area contributed by atoms with Gasteiger partial charge in [0, 0.05) is 0 Å². The summed E-state index contributed by atoms with van der Waals surface area (Å²) in [7, 11) is 0. The van der Waals surface area contributed by atoms with Crippen LogP contribution in [0, 0.1) is 20.8 Å². The van der Waals surface area contributed by atoms with Gasteiger partial charge in [-0.1, -0.05) is 79.7 Å². The van der Waals surface area contributed by atoms with E-state index in [2.05, 4.69) is 113 Å². The summed E-state index contributed by atoms with van der Waals surface area (Å²) in [6.45, 7) is 8.82. The predicted octanol–water partition coefficient (Wildman–Crippen LogP) is 8.18. The van der Waals surface area contributed by atoms with Crippen molar-refractivity contribution in [3.8, 4) is 33.4 Å². The average Bonchev–Trinajstić information content (AvgIpc) is 2.75. The fourth-order valence-electron chi connectivity index (χ4n) is 4.15. The molecule has 0 N–H and O–H groups in total. The van der Waals surface area contributed by atoms with E-state index >= 15 is 0 Å². The van der Waals surface area contributed by atoms with Crippen LogP contribution in [0.5, 0.6) is 0 Å². The number of hydrogen-bond donors (Lipinski definition) is 0. The van der Waals surface area contributed by atoms with Crippen molar-refractivity contribution < 1.29 is 0 Å². The molecule has 4 rings (SSSR count). The summed E-state index contributed by atoms with van der Waals surface area (Å²) in [5.41, 5.74) is 13.2. The van der Waals surface area contributed by atoms with Crippen molar-refractivity contribution in [2.45, 2.75) is 34.1 Å². The Balaban J connectivity index is 1.85. The second-order valence-corrected chi connectivity index (χ2v) is 7.89. The van der Waals surface area contributed by atoms with Gasteiger partial charge in [0.15, 0.2) is 0 Å². The molecule has 0 saturated carbocycles. The van der Waals surface area contributed by atoms with E-state index in [1.54, 1.807) is 0 Å². The van der Waals surface area contributed by atoms with Crippen LogP contribution in [-0.4, -0.2) is 0 Å². The zero-order chi connectivity index (χ0) is 20.4. The Morgan fingerprint density at radius 3 is 1.55 bits per heavy atom. The molecule has 144 valence electrons. The molecule has 0 radical (unpaired) electrons. The van der Waals surface area contributed by atoms with Gasteiger partial charge in [0.1, 0.15) is 0 Å². The first-order valence-corrected chi connectivity index (χ1v) is 10.4. The van der Waals surface area contributed by atoms with Crippen LogP contribution in [-0.2, 0) is 6.42 Å². The lowest BCUT2D eigenvalue weighted by atomic mass is 9.89. The molecule has 0 nitrogen and oxygen atoms in total. The van der Waals surface area contributed by atoms with Gasteiger partial charge in [-0.3, -0.25) is 0 Å². The lowest BCUT2D eigenvalue weighted by Gasteiger charge is -2.15. The Morgan fingerprint density at radius 1 is 0.483 bits per heavy atom. The van der Waals surface area contributed by atoms with E-state index in [1.165, 1.54) is 55.6 Å². The number of benzene rings is 4. The van der Waals surface area contributed by atoms with Crippen molar-refractivity contribution in [2.75, 3.05) is 0 Å². The molecule has 29 heavy (non-hydrogen) atoms. The Kier molecular flexibility index (Phi) is 5.36. The van der Waals surface area contributed by atoms with Crippen LogP contribution in [0.2, 0.25) is 0 Å². The highest BCUT2D eigenvalue weighted by molar-refractivity contribution is 5.81. The van der Waals surface area contributed by atoms with Gasteiger partial charge in [0.25, 0.3) is 0 Å². The SMILES string of the molecule is CCc1ccccc1-c1cc(-c2ccc(C)c(-c3ccccc3C)c2)ccc1C. The fraction of sp³-hybridized carbons (Fsp3) is 0.172. The maximum Gasteiger partial charge on any atom is -0.0146 e. The maximum absolute atomic E-state index is 2.36. The molecule has 0 heterocycles. The first kappa shape index (κ1) is 19.2. The lowest BCUT2D eigenvalue weighted by Crippen LogP contribution is -1.92. The summed E-state index contributed by atoms with van der Waals surface area (Å²) in [4.78, 5) is 0. The molecule has 0 saturated heterocycles. The third-order valence-corrected chi connectivity index (χ3v) is 5.93. The van der Waals surface area contributed by atoms with Gasteiger partial charge in [-0.25, -0.2) is 0 Å². The molecule has 4 aromatic rings. The summed E-state index contributed by atoms with van der Waals surface area (Å²) in [6, 6.07) is 31.1. The summed E-state index contributed by atoms with van der Waals surface area (Å²) in [5, 5.41) is 0. The third kappa shape index (κ3) is 3.76. The first-order valence-electron chi connectivity index (χ1n) is 10.4. The number of aryl methyl sites for hydroxylation is 4. The molecule has 0 bridgehead atoms. The minimum Gasteiger partial charge on any atom is -0.0620 e. The molecule has 0 atom stereocenters. The molecule has 0 amide bonds. The van der Waals surface area contributed by atoms with Gasteiger partial charge in [0.05, 0.1) is 0 Å². The Bertz CT molecular complexity index is 1160. The van der Waals surface area contributed by atoms with Gasteiger partial charge in [-0.2, -0.15) is 0 Å². The van der Waals surface area contributed by atoms with E-state index in [9.17, 15) is 0 Å². The van der Waals surface area contributed by atoms with Crippen molar-refractivity contribution in [1.82, 2.24) is 0 Å². The topological polar surface area (TPSA) is 0 Å². The third-order valence-electron chi connectivity index (χ3n) is 5.93. The zero-order valence-corrected chi connectivity index (χ0v) is 17.8. The van der Waals surface area contributed by atoms with Gasteiger partial charge in [-0.05, 0) is 95.0 Å². The normalized spacial score (nSPS) is 10.9. The molecular formula is C29H28. The van der Waals surface area contributed by atoms with E-state index in [4.69, 9.17) is 0 Å². The Morgan fingerprint density at radius 2 is 0.966 bits per heavy atom. The van der Waals surface area contributed by atoms with E-state index in [1.807, 2.05) is 0 Å². The second-order valence-electron chi connectivity index (χ2n) is 7.89. The van der Waals surface area contributed by atoms with Crippen LogP contribution < -0.4 is 0 Å². The lowest BCUT2D eigenvalue weighted by molar-refractivity contribution is 1.14. The first-order chi connectivity index (χ1) is 14.1. The molecule has 0 spiro atoms. The van der Waals surface area contributed by atoms with Crippen LogP contribution in [0.3, 0.4) is 0 Å². The molecule has 0 unspecified atom stereocenters. The molecule has 0 aromatic heterocycles. The Labute approximate surface area is 174 Å². The molecule has 0 aliphatic rings. The molecular weight excluding hydrogens is 348 g/mol. The molecule has 0 fully saturated rings. The van der Waals surface area contributed by atoms with Crippen LogP contribution in [0.15, 0.2) is 84.9 Å². The average molecular weight is 377 g/mol. The second kappa shape index (κ2) is 8.09. The number of rotatable bonds is 4. The Hall–Kier alpha value is -3.12. The molecule has 0 aliphatic carbocycles. The minimum absolute atomic E-state index is 1.04. The van der Waals surface area contributed by atoms with Gasteiger partial charge < -0.3 is 0 Å². The largest absolute Gasteiger partial charge is 0.0620 e. The zero-order valence-electron chi connectivity index (χ0n) is 17.8. The van der Waals surface area contributed by atoms with Crippen LogP contribution in [0.4, 0.5) is 0 Å². The quantitative estimate of drug-likeness (QED) is 0.337. The minimum atomic E-state index is 1.04. The molecule has 0 heteroatoms. The van der Waals surface area contributed by atoms with E-state index in [-0.39, 0.29) is 0 Å². The highest BCUT2D eigenvalue weighted by atomic mass is 14.1. The van der Waals surface area contributed by atoms with E-state index < -0.39 is 0 Å². The summed E-state index contributed by atoms with van der Waals surface area (Å²) < 4.78 is 0. The smallest absolute Gasteiger partial charge is 0.0146 e. The van der Waals surface area contributed by atoms with E-state index in [0.29, 0.717) is 0 Å². The van der Waals surface area contributed by atoms with E-state index in [0.717, 1.165) is 6.42 Å². The van der Waals surface area contributed by atoms with Crippen molar-refractivity contribution in [1.29, 1.82) is 0 Å². The highest BCUT2D eigenvalue weighted by Gasteiger charge is 2.11.